The fourth-order valence-corrected chi connectivity index (χ4v) is 3.02. The number of para-hydroxylation sites is 2. The zero-order valence-corrected chi connectivity index (χ0v) is 14.4. The van der Waals surface area contributed by atoms with Crippen LogP contribution in [0.2, 0.25) is 0 Å². The van der Waals surface area contributed by atoms with Crippen LogP contribution in [-0.4, -0.2) is 31.9 Å². The third kappa shape index (κ3) is 3.94. The van der Waals surface area contributed by atoms with Crippen molar-refractivity contribution in [3.05, 3.63) is 54.5 Å². The Bertz CT molecular complexity index is 813. The molecular formula is C18H20N4OS. The average molecular weight is 340 g/mol. The van der Waals surface area contributed by atoms with E-state index in [9.17, 15) is 4.79 Å². The Morgan fingerprint density at radius 1 is 1.21 bits per heavy atom. The van der Waals surface area contributed by atoms with Gasteiger partial charge in [-0.25, -0.2) is 9.97 Å². The van der Waals surface area contributed by atoms with Gasteiger partial charge in [-0.3, -0.25) is 9.36 Å². The largest absolute Gasteiger partial charge is 0.352 e. The molecule has 24 heavy (non-hydrogen) atoms. The highest BCUT2D eigenvalue weighted by atomic mass is 32.2. The normalized spacial score (nSPS) is 10.9. The van der Waals surface area contributed by atoms with Crippen molar-refractivity contribution >= 4 is 28.7 Å². The second-order valence-electron chi connectivity index (χ2n) is 5.35. The predicted molar refractivity (Wildman–Crippen MR) is 98.3 cm³/mol. The monoisotopic (exact) mass is 340 g/mol. The summed E-state index contributed by atoms with van der Waals surface area (Å²) >= 11 is 1.78. The molecule has 3 rings (SSSR count). The number of aromatic nitrogens is 3. The number of carbonyl (C=O) groups is 1. The van der Waals surface area contributed by atoms with Crippen LogP contribution in [0.1, 0.15) is 18.9 Å². The van der Waals surface area contributed by atoms with E-state index in [0.717, 1.165) is 33.9 Å². The summed E-state index contributed by atoms with van der Waals surface area (Å²) in [5, 5.41) is 2.93. The van der Waals surface area contributed by atoms with Gasteiger partial charge in [-0.2, -0.15) is 11.8 Å². The minimum Gasteiger partial charge on any atom is -0.352 e. The molecule has 1 N–H and O–H groups in total. The summed E-state index contributed by atoms with van der Waals surface area (Å²) in [6.45, 7) is 2.60. The lowest BCUT2D eigenvalue weighted by Crippen LogP contribution is -2.23. The molecule has 0 bridgehead atoms. The Kier molecular flexibility index (Phi) is 5.48. The highest BCUT2D eigenvalue weighted by Gasteiger charge is 2.06. The van der Waals surface area contributed by atoms with E-state index in [2.05, 4.69) is 22.2 Å². The molecule has 0 aliphatic rings. The number of imidazole rings is 1. The third-order valence-electron chi connectivity index (χ3n) is 3.68. The Labute approximate surface area is 145 Å². The third-order valence-corrected chi connectivity index (χ3v) is 4.58. The van der Waals surface area contributed by atoms with Crippen molar-refractivity contribution < 1.29 is 4.79 Å². The molecular weight excluding hydrogens is 320 g/mol. The summed E-state index contributed by atoms with van der Waals surface area (Å²) in [5.74, 6) is 2.81. The molecule has 124 valence electrons. The van der Waals surface area contributed by atoms with Crippen LogP contribution in [0.25, 0.3) is 16.9 Å². The molecule has 5 nitrogen and oxygen atoms in total. The van der Waals surface area contributed by atoms with Crippen molar-refractivity contribution in [2.24, 2.45) is 0 Å². The molecule has 0 aliphatic carbocycles. The molecule has 0 saturated carbocycles. The van der Waals surface area contributed by atoms with Crippen LogP contribution in [-0.2, 0) is 11.3 Å². The number of nitrogens with one attached hydrogen (secondary N) is 1. The van der Waals surface area contributed by atoms with Crippen LogP contribution in [0, 0.1) is 0 Å². The highest BCUT2D eigenvalue weighted by Crippen LogP contribution is 2.16. The molecule has 1 amide bonds. The van der Waals surface area contributed by atoms with Crippen molar-refractivity contribution in [3.8, 4) is 5.82 Å². The number of hydrogen-bond acceptors (Lipinski definition) is 4. The Balaban J connectivity index is 1.62. The SMILES string of the molecule is CCSCCC(=O)NCc1ccc(-n2cnc3ccccc32)nc1. The minimum absolute atomic E-state index is 0.0839. The zero-order chi connectivity index (χ0) is 16.8. The summed E-state index contributed by atoms with van der Waals surface area (Å²) < 4.78 is 1.96. The number of carbonyl (C=O) groups excluding carboxylic acids is 1. The Hall–Kier alpha value is -2.34. The number of amides is 1. The summed E-state index contributed by atoms with van der Waals surface area (Å²) in [4.78, 5) is 20.6. The second-order valence-corrected chi connectivity index (χ2v) is 6.75. The van der Waals surface area contributed by atoms with Gasteiger partial charge in [0.25, 0.3) is 0 Å². The van der Waals surface area contributed by atoms with Crippen LogP contribution in [0.3, 0.4) is 0 Å². The quantitative estimate of drug-likeness (QED) is 0.671. The first-order valence-electron chi connectivity index (χ1n) is 7.99. The molecule has 0 atom stereocenters. The molecule has 2 aromatic heterocycles. The van der Waals surface area contributed by atoms with Crippen molar-refractivity contribution in [2.75, 3.05) is 11.5 Å². The maximum absolute atomic E-state index is 11.7. The lowest BCUT2D eigenvalue weighted by Gasteiger charge is -2.07. The van der Waals surface area contributed by atoms with E-state index in [1.165, 1.54) is 0 Å². The fraction of sp³-hybridized carbons (Fsp3) is 0.278. The zero-order valence-electron chi connectivity index (χ0n) is 13.6. The van der Waals surface area contributed by atoms with E-state index in [1.807, 2.05) is 41.0 Å². The van der Waals surface area contributed by atoms with Crippen molar-refractivity contribution in [2.45, 2.75) is 19.9 Å². The van der Waals surface area contributed by atoms with E-state index in [0.29, 0.717) is 13.0 Å². The maximum Gasteiger partial charge on any atom is 0.221 e. The molecule has 1 aromatic carbocycles. The lowest BCUT2D eigenvalue weighted by atomic mass is 10.2. The van der Waals surface area contributed by atoms with Gasteiger partial charge in [-0.05, 0) is 29.5 Å². The second kappa shape index (κ2) is 7.97. The van der Waals surface area contributed by atoms with Gasteiger partial charge in [-0.15, -0.1) is 0 Å². The number of pyridine rings is 1. The van der Waals surface area contributed by atoms with Crippen molar-refractivity contribution in [1.82, 2.24) is 19.9 Å². The molecule has 0 spiro atoms. The maximum atomic E-state index is 11.7. The van der Waals surface area contributed by atoms with E-state index < -0.39 is 0 Å². The van der Waals surface area contributed by atoms with Crippen LogP contribution >= 0.6 is 11.8 Å². The number of fused-ring (bicyclic) bond motifs is 1. The predicted octanol–water partition coefficient (Wildman–Crippen LogP) is 3.18. The summed E-state index contributed by atoms with van der Waals surface area (Å²) in [7, 11) is 0. The van der Waals surface area contributed by atoms with Gasteiger partial charge < -0.3 is 5.32 Å². The van der Waals surface area contributed by atoms with Crippen molar-refractivity contribution in [1.29, 1.82) is 0 Å². The molecule has 0 radical (unpaired) electrons. The number of rotatable bonds is 7. The van der Waals surface area contributed by atoms with Gasteiger partial charge in [-0.1, -0.05) is 25.1 Å². The van der Waals surface area contributed by atoms with Gasteiger partial charge in [0.15, 0.2) is 0 Å². The lowest BCUT2D eigenvalue weighted by molar-refractivity contribution is -0.120. The first kappa shape index (κ1) is 16.5. The minimum atomic E-state index is 0.0839. The summed E-state index contributed by atoms with van der Waals surface area (Å²) in [6, 6.07) is 11.9. The van der Waals surface area contributed by atoms with E-state index in [4.69, 9.17) is 0 Å². The molecule has 3 aromatic rings. The highest BCUT2D eigenvalue weighted by molar-refractivity contribution is 7.99. The van der Waals surface area contributed by atoms with Crippen LogP contribution in [0.5, 0.6) is 0 Å². The topological polar surface area (TPSA) is 59.8 Å². The standard InChI is InChI=1S/C18H20N4OS/c1-2-24-10-9-18(23)20-12-14-7-8-17(19-11-14)22-13-21-15-5-3-4-6-16(15)22/h3-8,11,13H,2,9-10,12H2,1H3,(H,20,23). The van der Waals surface area contributed by atoms with Gasteiger partial charge in [0, 0.05) is 24.9 Å². The average Bonchev–Trinajstić information content (AvgIpc) is 3.05. The Morgan fingerprint density at radius 3 is 2.88 bits per heavy atom. The van der Waals surface area contributed by atoms with Crippen LogP contribution in [0.4, 0.5) is 0 Å². The smallest absolute Gasteiger partial charge is 0.221 e. The first-order chi connectivity index (χ1) is 11.8. The van der Waals surface area contributed by atoms with E-state index >= 15 is 0 Å². The van der Waals surface area contributed by atoms with Crippen LogP contribution in [0.15, 0.2) is 48.9 Å². The summed E-state index contributed by atoms with van der Waals surface area (Å²) in [6.07, 6.45) is 4.13. The molecule has 0 aliphatic heterocycles. The molecule has 2 heterocycles. The Morgan fingerprint density at radius 2 is 2.08 bits per heavy atom. The molecule has 0 saturated heterocycles. The molecule has 6 heteroatoms. The number of benzene rings is 1. The molecule has 0 fully saturated rings. The van der Waals surface area contributed by atoms with Gasteiger partial charge in [0.05, 0.1) is 11.0 Å². The van der Waals surface area contributed by atoms with E-state index in [1.54, 1.807) is 24.3 Å². The molecule has 0 unspecified atom stereocenters. The van der Waals surface area contributed by atoms with Crippen LogP contribution < -0.4 is 5.32 Å². The van der Waals surface area contributed by atoms with Crippen molar-refractivity contribution in [3.63, 3.8) is 0 Å². The van der Waals surface area contributed by atoms with Gasteiger partial charge in [0.1, 0.15) is 12.1 Å². The fourth-order valence-electron chi connectivity index (χ4n) is 2.40. The number of hydrogen-bond donors (Lipinski definition) is 1. The number of nitrogens with zero attached hydrogens (tertiary/aromatic N) is 3. The van der Waals surface area contributed by atoms with Gasteiger partial charge >= 0.3 is 0 Å². The van der Waals surface area contributed by atoms with Gasteiger partial charge in [0.2, 0.25) is 5.91 Å². The first-order valence-corrected chi connectivity index (χ1v) is 9.15. The summed E-state index contributed by atoms with van der Waals surface area (Å²) in [5.41, 5.74) is 2.96. The van der Waals surface area contributed by atoms with E-state index in [-0.39, 0.29) is 5.91 Å². The number of thioether (sulfide) groups is 1.